The lowest BCUT2D eigenvalue weighted by molar-refractivity contribution is 0.358. The summed E-state index contributed by atoms with van der Waals surface area (Å²) < 4.78 is 5.26. The van der Waals surface area contributed by atoms with E-state index in [0.29, 0.717) is 0 Å². The van der Waals surface area contributed by atoms with Crippen LogP contribution in [0.4, 0.5) is 0 Å². The first-order valence-electron chi connectivity index (χ1n) is 6.90. The lowest BCUT2D eigenvalue weighted by Crippen LogP contribution is -2.66. The quantitative estimate of drug-likeness (QED) is 0.459. The van der Waals surface area contributed by atoms with E-state index in [1.807, 2.05) is 6.08 Å². The zero-order chi connectivity index (χ0) is 13.5. The fourth-order valence-corrected chi connectivity index (χ4v) is 7.92. The zero-order valence-corrected chi connectivity index (χ0v) is 13.4. The van der Waals surface area contributed by atoms with Gasteiger partial charge in [0.1, 0.15) is 0 Å². The Morgan fingerprint density at radius 3 is 1.47 bits per heavy atom. The van der Waals surface area contributed by atoms with Gasteiger partial charge in [-0.2, -0.15) is 0 Å². The highest BCUT2D eigenvalue weighted by molar-refractivity contribution is 6.82. The Labute approximate surface area is 109 Å². The molecule has 17 heavy (non-hydrogen) atoms. The summed E-state index contributed by atoms with van der Waals surface area (Å²) in [5.74, 6) is 0. The van der Waals surface area contributed by atoms with E-state index in [0.717, 1.165) is 26.2 Å². The van der Waals surface area contributed by atoms with Crippen LogP contribution >= 0.6 is 0 Å². The molecule has 0 aliphatic carbocycles. The predicted molar refractivity (Wildman–Crippen MR) is 81.4 cm³/mol. The van der Waals surface area contributed by atoms with Crippen molar-refractivity contribution in [2.75, 3.05) is 26.2 Å². The summed E-state index contributed by atoms with van der Waals surface area (Å²) in [6.07, 6.45) is 1.98. The summed E-state index contributed by atoms with van der Waals surface area (Å²) in [6.45, 7) is 24.0. The minimum Gasteiger partial charge on any atom is -0.309 e. The second-order valence-corrected chi connectivity index (χ2v) is 8.49. The first-order chi connectivity index (χ1) is 8.08. The highest BCUT2D eigenvalue weighted by Gasteiger charge is 2.43. The molecule has 100 valence electrons. The smallest absolute Gasteiger partial charge is 0.238 e. The molecule has 0 aromatic carbocycles. The maximum Gasteiger partial charge on any atom is 0.238 e. The van der Waals surface area contributed by atoms with E-state index in [1.165, 1.54) is 11.2 Å². The SMILES string of the molecule is C=CC(=C)[Si](CC)(N(CC)CC)N(CC)CC. The molecule has 0 aromatic heterocycles. The Hall–Kier alpha value is -0.383. The standard InChI is InChI=1S/C14H30N2Si/c1-8-14(7)17(13-6,15(9-2)10-3)16(11-4)12-5/h8H,1,7,9-13H2,2-6H3. The van der Waals surface area contributed by atoms with Crippen LogP contribution in [-0.2, 0) is 0 Å². The van der Waals surface area contributed by atoms with E-state index >= 15 is 0 Å². The van der Waals surface area contributed by atoms with Crippen molar-refractivity contribution in [3.63, 3.8) is 0 Å². The molecule has 0 saturated carbocycles. The Morgan fingerprint density at radius 1 is 0.941 bits per heavy atom. The zero-order valence-electron chi connectivity index (χ0n) is 12.4. The summed E-state index contributed by atoms with van der Waals surface area (Å²) in [5, 5.41) is 1.26. The largest absolute Gasteiger partial charge is 0.309 e. The van der Waals surface area contributed by atoms with Gasteiger partial charge in [0.15, 0.2) is 0 Å². The second-order valence-electron chi connectivity index (χ2n) is 4.24. The van der Waals surface area contributed by atoms with Crippen molar-refractivity contribution in [3.8, 4) is 0 Å². The van der Waals surface area contributed by atoms with Gasteiger partial charge in [0, 0.05) is 0 Å². The lowest BCUT2D eigenvalue weighted by atomic mass is 10.6. The predicted octanol–water partition coefficient (Wildman–Crippen LogP) is 3.41. The summed E-state index contributed by atoms with van der Waals surface area (Å²) in [5.41, 5.74) is 0. The molecule has 0 saturated heterocycles. The molecule has 0 amide bonds. The molecule has 0 N–H and O–H groups in total. The summed E-state index contributed by atoms with van der Waals surface area (Å²) in [6, 6.07) is 1.18. The first-order valence-corrected chi connectivity index (χ1v) is 9.00. The topological polar surface area (TPSA) is 6.48 Å². The van der Waals surface area contributed by atoms with E-state index in [1.54, 1.807) is 0 Å². The fraction of sp³-hybridized carbons (Fsp3) is 0.714. The molecular weight excluding hydrogens is 224 g/mol. The molecule has 0 heterocycles. The van der Waals surface area contributed by atoms with E-state index < -0.39 is 8.40 Å². The monoisotopic (exact) mass is 254 g/mol. The van der Waals surface area contributed by atoms with Crippen molar-refractivity contribution >= 4 is 8.40 Å². The van der Waals surface area contributed by atoms with Crippen molar-refractivity contribution < 1.29 is 0 Å². The molecule has 3 heteroatoms. The third-order valence-electron chi connectivity index (χ3n) is 3.83. The summed E-state index contributed by atoms with van der Waals surface area (Å²) in [7, 11) is -1.78. The molecule has 0 radical (unpaired) electrons. The molecule has 0 aliphatic rings. The highest BCUT2D eigenvalue weighted by Crippen LogP contribution is 2.27. The number of allylic oxidation sites excluding steroid dienone is 2. The van der Waals surface area contributed by atoms with Crippen LogP contribution in [0.2, 0.25) is 6.04 Å². The van der Waals surface area contributed by atoms with Crippen molar-refractivity contribution in [1.82, 2.24) is 9.13 Å². The molecule has 0 aromatic rings. The van der Waals surface area contributed by atoms with E-state index in [4.69, 9.17) is 0 Å². The van der Waals surface area contributed by atoms with Crippen molar-refractivity contribution in [1.29, 1.82) is 0 Å². The average molecular weight is 254 g/mol. The van der Waals surface area contributed by atoms with Crippen molar-refractivity contribution in [2.45, 2.75) is 40.7 Å². The van der Waals surface area contributed by atoms with Gasteiger partial charge in [0.05, 0.1) is 0 Å². The van der Waals surface area contributed by atoms with Gasteiger partial charge in [0.25, 0.3) is 0 Å². The number of rotatable bonds is 9. The van der Waals surface area contributed by atoms with Gasteiger partial charge < -0.3 is 9.13 Å². The maximum absolute atomic E-state index is 4.31. The third-order valence-corrected chi connectivity index (χ3v) is 9.40. The Morgan fingerprint density at radius 2 is 1.29 bits per heavy atom. The lowest BCUT2D eigenvalue weighted by Gasteiger charge is -2.48. The molecule has 2 nitrogen and oxygen atoms in total. The van der Waals surface area contributed by atoms with Gasteiger partial charge >= 0.3 is 0 Å². The fourth-order valence-electron chi connectivity index (χ4n) is 2.94. The van der Waals surface area contributed by atoms with Crippen LogP contribution in [0.15, 0.2) is 24.4 Å². The molecule has 0 rings (SSSR count). The molecule has 0 unspecified atom stereocenters. The molecule has 0 spiro atoms. The number of hydrogen-bond acceptors (Lipinski definition) is 2. The van der Waals surface area contributed by atoms with Crippen LogP contribution < -0.4 is 0 Å². The van der Waals surface area contributed by atoms with Crippen LogP contribution in [0.3, 0.4) is 0 Å². The second kappa shape index (κ2) is 7.85. The minimum atomic E-state index is -1.78. The molecular formula is C14H30N2Si. The van der Waals surface area contributed by atoms with Gasteiger partial charge in [-0.3, -0.25) is 0 Å². The van der Waals surface area contributed by atoms with Crippen LogP contribution in [0.25, 0.3) is 0 Å². The Balaban J connectivity index is 5.56. The van der Waals surface area contributed by atoms with Gasteiger partial charge in [-0.1, -0.05) is 53.9 Å². The van der Waals surface area contributed by atoms with Crippen LogP contribution in [0.1, 0.15) is 34.6 Å². The normalized spacial score (nSPS) is 12.2. The molecule has 0 aliphatic heterocycles. The number of hydrogen-bond donors (Lipinski definition) is 0. The van der Waals surface area contributed by atoms with Gasteiger partial charge in [-0.25, -0.2) is 0 Å². The average Bonchev–Trinajstić information content (AvgIpc) is 2.38. The first kappa shape index (κ1) is 16.6. The van der Waals surface area contributed by atoms with Gasteiger partial charge in [-0.05, 0) is 37.4 Å². The van der Waals surface area contributed by atoms with Crippen LogP contribution in [0.5, 0.6) is 0 Å². The highest BCUT2D eigenvalue weighted by atomic mass is 28.3. The van der Waals surface area contributed by atoms with Crippen molar-refractivity contribution in [3.05, 3.63) is 24.4 Å². The molecule has 0 bridgehead atoms. The van der Waals surface area contributed by atoms with E-state index in [-0.39, 0.29) is 0 Å². The maximum atomic E-state index is 4.31. The third kappa shape index (κ3) is 3.09. The number of nitrogens with zero attached hydrogens (tertiary/aromatic N) is 2. The minimum absolute atomic E-state index is 1.10. The Kier molecular flexibility index (Phi) is 7.67. The van der Waals surface area contributed by atoms with Crippen LogP contribution in [0, 0.1) is 0 Å². The van der Waals surface area contributed by atoms with Crippen LogP contribution in [-0.4, -0.2) is 43.7 Å². The van der Waals surface area contributed by atoms with E-state index in [2.05, 4.69) is 56.9 Å². The van der Waals surface area contributed by atoms with Gasteiger partial charge in [0.2, 0.25) is 8.40 Å². The van der Waals surface area contributed by atoms with E-state index in [9.17, 15) is 0 Å². The summed E-state index contributed by atoms with van der Waals surface area (Å²) in [4.78, 5) is 0. The molecule has 0 fully saturated rings. The van der Waals surface area contributed by atoms with Crippen molar-refractivity contribution in [2.24, 2.45) is 0 Å². The Bertz CT molecular complexity index is 231. The molecule has 0 atom stereocenters. The van der Waals surface area contributed by atoms with Gasteiger partial charge in [-0.15, -0.1) is 0 Å². The summed E-state index contributed by atoms with van der Waals surface area (Å²) >= 11 is 0.